The number of carboxylic acid groups (broad SMARTS) is 1. The van der Waals surface area contributed by atoms with E-state index in [0.717, 1.165) is 5.57 Å². The van der Waals surface area contributed by atoms with Gasteiger partial charge in [0.15, 0.2) is 0 Å². The topological polar surface area (TPSA) is 61.7 Å². The van der Waals surface area contributed by atoms with Crippen LogP contribution in [0.2, 0.25) is 0 Å². The number of carboxylic acids is 1. The fourth-order valence-electron chi connectivity index (χ4n) is 1.79. The summed E-state index contributed by atoms with van der Waals surface area (Å²) in [5, 5.41) is 11.8. The molecule has 0 aromatic carbocycles. The zero-order valence-corrected chi connectivity index (χ0v) is 7.45. The van der Waals surface area contributed by atoms with Crippen molar-refractivity contribution in [3.63, 3.8) is 0 Å². The Balaban J connectivity index is 2.16. The van der Waals surface area contributed by atoms with Gasteiger partial charge in [0.2, 0.25) is 0 Å². The summed E-state index contributed by atoms with van der Waals surface area (Å²) in [6.07, 6.45) is 2.38. The maximum atomic E-state index is 10.7. The van der Waals surface area contributed by atoms with Crippen molar-refractivity contribution in [2.24, 2.45) is 4.99 Å². The Morgan fingerprint density at radius 3 is 3.23 bits per heavy atom. The number of aliphatic carboxylic acids is 1. The molecule has 0 aromatic rings. The number of rotatable bonds is 1. The first-order valence-electron chi connectivity index (χ1n) is 4.40. The lowest BCUT2D eigenvalue weighted by atomic mass is 9.95. The van der Waals surface area contributed by atoms with E-state index in [1.165, 1.54) is 5.57 Å². The molecular formula is C9H12N2O2. The Morgan fingerprint density at radius 1 is 1.77 bits per heavy atom. The van der Waals surface area contributed by atoms with Crippen LogP contribution in [0.5, 0.6) is 0 Å². The second-order valence-corrected chi connectivity index (χ2v) is 3.48. The summed E-state index contributed by atoms with van der Waals surface area (Å²) < 4.78 is 0. The third-order valence-electron chi connectivity index (χ3n) is 2.63. The number of aliphatic imine (C=N–C) groups is 1. The predicted octanol–water partition coefficient (Wildman–Crippen LogP) is 0.202. The summed E-state index contributed by atoms with van der Waals surface area (Å²) in [6, 6.07) is -0.201. The highest BCUT2D eigenvalue weighted by molar-refractivity contribution is 5.86. The maximum absolute atomic E-state index is 10.7. The monoisotopic (exact) mass is 180 g/mol. The lowest BCUT2D eigenvalue weighted by molar-refractivity contribution is -0.139. The lowest BCUT2D eigenvalue weighted by Gasteiger charge is -2.22. The Kier molecular flexibility index (Phi) is 1.92. The number of hydrogen-bond acceptors (Lipinski definition) is 3. The fourth-order valence-corrected chi connectivity index (χ4v) is 1.79. The van der Waals surface area contributed by atoms with Gasteiger partial charge < -0.3 is 10.4 Å². The van der Waals surface area contributed by atoms with Gasteiger partial charge in [-0.3, -0.25) is 9.79 Å². The van der Waals surface area contributed by atoms with Crippen LogP contribution in [0.1, 0.15) is 13.3 Å². The average Bonchev–Trinajstić information content (AvgIpc) is 2.47. The van der Waals surface area contributed by atoms with Gasteiger partial charge >= 0.3 is 5.97 Å². The summed E-state index contributed by atoms with van der Waals surface area (Å²) in [7, 11) is 0. The van der Waals surface area contributed by atoms with E-state index in [2.05, 4.69) is 10.3 Å². The molecule has 0 radical (unpaired) electrons. The minimum Gasteiger partial charge on any atom is -0.480 e. The van der Waals surface area contributed by atoms with E-state index in [4.69, 9.17) is 5.11 Å². The molecule has 70 valence electrons. The SMILES string of the molecule is CC1N=CC2=C1CN[C@@H](C(=O)O)C2. The molecule has 2 aliphatic rings. The summed E-state index contributed by atoms with van der Waals surface area (Å²) in [6.45, 7) is 2.69. The Hall–Kier alpha value is -1.16. The van der Waals surface area contributed by atoms with E-state index < -0.39 is 12.0 Å². The third kappa shape index (κ3) is 1.37. The van der Waals surface area contributed by atoms with Gasteiger partial charge in [0, 0.05) is 19.2 Å². The first-order valence-corrected chi connectivity index (χ1v) is 4.40. The molecule has 1 unspecified atom stereocenters. The number of carbonyl (C=O) groups is 1. The van der Waals surface area contributed by atoms with Crippen molar-refractivity contribution < 1.29 is 9.90 Å². The predicted molar refractivity (Wildman–Crippen MR) is 49.0 cm³/mol. The lowest BCUT2D eigenvalue weighted by Crippen LogP contribution is -2.42. The smallest absolute Gasteiger partial charge is 0.321 e. The molecule has 0 aromatic heterocycles. The average molecular weight is 180 g/mol. The van der Waals surface area contributed by atoms with E-state index in [-0.39, 0.29) is 6.04 Å². The number of nitrogens with one attached hydrogen (secondary N) is 1. The van der Waals surface area contributed by atoms with Crippen molar-refractivity contribution in [1.29, 1.82) is 0 Å². The van der Waals surface area contributed by atoms with E-state index in [9.17, 15) is 4.79 Å². The van der Waals surface area contributed by atoms with Gasteiger partial charge in [-0.15, -0.1) is 0 Å². The molecule has 2 heterocycles. The molecule has 2 rings (SSSR count). The Morgan fingerprint density at radius 2 is 2.54 bits per heavy atom. The maximum Gasteiger partial charge on any atom is 0.321 e. The molecule has 4 heteroatoms. The van der Waals surface area contributed by atoms with Crippen LogP contribution >= 0.6 is 0 Å². The van der Waals surface area contributed by atoms with Crippen molar-refractivity contribution in [2.45, 2.75) is 25.4 Å². The summed E-state index contributed by atoms with van der Waals surface area (Å²) in [4.78, 5) is 14.9. The zero-order chi connectivity index (χ0) is 9.42. The van der Waals surface area contributed by atoms with E-state index in [0.29, 0.717) is 13.0 Å². The summed E-state index contributed by atoms with van der Waals surface area (Å²) in [5.74, 6) is -0.778. The minimum atomic E-state index is -0.778. The molecule has 0 saturated carbocycles. The first kappa shape index (κ1) is 8.44. The Bertz CT molecular complexity index is 307. The molecule has 2 atom stereocenters. The van der Waals surface area contributed by atoms with Crippen LogP contribution in [-0.4, -0.2) is 35.9 Å². The van der Waals surface area contributed by atoms with Crippen molar-refractivity contribution in [2.75, 3.05) is 6.54 Å². The number of hydrogen-bond donors (Lipinski definition) is 2. The zero-order valence-electron chi connectivity index (χ0n) is 7.45. The van der Waals surface area contributed by atoms with Crippen LogP contribution in [-0.2, 0) is 4.79 Å². The molecule has 0 bridgehead atoms. The summed E-state index contributed by atoms with van der Waals surface area (Å²) >= 11 is 0. The Labute approximate surface area is 76.4 Å². The van der Waals surface area contributed by atoms with Crippen molar-refractivity contribution in [1.82, 2.24) is 5.32 Å². The highest BCUT2D eigenvalue weighted by atomic mass is 16.4. The van der Waals surface area contributed by atoms with Crippen LogP contribution in [0.15, 0.2) is 16.1 Å². The quantitative estimate of drug-likeness (QED) is 0.606. The van der Waals surface area contributed by atoms with E-state index in [1.54, 1.807) is 0 Å². The van der Waals surface area contributed by atoms with Crippen LogP contribution in [0.25, 0.3) is 0 Å². The van der Waals surface area contributed by atoms with Crippen molar-refractivity contribution in [3.8, 4) is 0 Å². The van der Waals surface area contributed by atoms with Crippen molar-refractivity contribution >= 4 is 12.2 Å². The standard InChI is InChI=1S/C9H12N2O2/c1-5-7-4-11-8(9(12)13)2-6(7)3-10-5/h3,5,8,11H,2,4H2,1H3,(H,12,13)/t5?,8-/m1/s1. The van der Waals surface area contributed by atoms with Crippen LogP contribution < -0.4 is 5.32 Å². The normalized spacial score (nSPS) is 32.1. The molecule has 0 spiro atoms. The largest absolute Gasteiger partial charge is 0.480 e. The van der Waals surface area contributed by atoms with Gasteiger partial charge in [0.25, 0.3) is 0 Å². The van der Waals surface area contributed by atoms with Gasteiger partial charge in [-0.25, -0.2) is 0 Å². The second-order valence-electron chi connectivity index (χ2n) is 3.48. The minimum absolute atomic E-state index is 0.234. The molecule has 0 amide bonds. The van der Waals surface area contributed by atoms with Crippen LogP contribution in [0.3, 0.4) is 0 Å². The van der Waals surface area contributed by atoms with Crippen molar-refractivity contribution in [3.05, 3.63) is 11.1 Å². The highest BCUT2D eigenvalue weighted by Gasteiger charge is 2.28. The van der Waals surface area contributed by atoms with Gasteiger partial charge in [-0.05, 0) is 18.1 Å². The molecule has 4 nitrogen and oxygen atoms in total. The van der Waals surface area contributed by atoms with Crippen LogP contribution in [0.4, 0.5) is 0 Å². The van der Waals surface area contributed by atoms with Crippen LogP contribution in [0, 0.1) is 0 Å². The fraction of sp³-hybridized carbons (Fsp3) is 0.556. The third-order valence-corrected chi connectivity index (χ3v) is 2.63. The van der Waals surface area contributed by atoms with Gasteiger partial charge in [-0.1, -0.05) is 0 Å². The first-order chi connectivity index (χ1) is 6.18. The molecule has 0 aliphatic carbocycles. The number of nitrogens with zero attached hydrogens (tertiary/aromatic N) is 1. The molecule has 0 fully saturated rings. The van der Waals surface area contributed by atoms with E-state index in [1.807, 2.05) is 13.1 Å². The molecule has 0 saturated heterocycles. The molecule has 2 aliphatic heterocycles. The van der Waals surface area contributed by atoms with Gasteiger partial charge in [0.05, 0.1) is 6.04 Å². The molecular weight excluding hydrogens is 168 g/mol. The van der Waals surface area contributed by atoms with Gasteiger partial charge in [-0.2, -0.15) is 0 Å². The highest BCUT2D eigenvalue weighted by Crippen LogP contribution is 2.24. The second kappa shape index (κ2) is 2.96. The molecule has 13 heavy (non-hydrogen) atoms. The van der Waals surface area contributed by atoms with E-state index >= 15 is 0 Å². The van der Waals surface area contributed by atoms with Gasteiger partial charge in [0.1, 0.15) is 6.04 Å². The molecule has 2 N–H and O–H groups in total. The summed E-state index contributed by atoms with van der Waals surface area (Å²) in [5.41, 5.74) is 2.36.